The molecule has 1 aromatic carbocycles. The summed E-state index contributed by atoms with van der Waals surface area (Å²) in [6.07, 6.45) is 0.913. The van der Waals surface area contributed by atoms with E-state index >= 15 is 0 Å². The number of benzene rings is 1. The minimum absolute atomic E-state index is 0.0221. The number of hydrogen-bond acceptors (Lipinski definition) is 3. The van der Waals surface area contributed by atoms with Crippen LogP contribution in [0.4, 0.5) is 0 Å². The second kappa shape index (κ2) is 7.24. The molecule has 2 aromatic rings. The van der Waals surface area contributed by atoms with Crippen molar-refractivity contribution in [3.8, 4) is 0 Å². The molecule has 3 nitrogen and oxygen atoms in total. The second-order valence-electron chi connectivity index (χ2n) is 8.36. The first-order chi connectivity index (χ1) is 11.1. The molecule has 0 radical (unpaired) electrons. The predicted molar refractivity (Wildman–Crippen MR) is 105 cm³/mol. The van der Waals surface area contributed by atoms with Crippen LogP contribution in [0.2, 0.25) is 0 Å². The number of amides is 1. The van der Waals surface area contributed by atoms with E-state index in [2.05, 4.69) is 64.3 Å². The van der Waals surface area contributed by atoms with Crippen LogP contribution >= 0.6 is 11.3 Å². The molecule has 1 heterocycles. The monoisotopic (exact) mass is 346 g/mol. The van der Waals surface area contributed by atoms with Crippen molar-refractivity contribution >= 4 is 27.3 Å². The quantitative estimate of drug-likeness (QED) is 0.754. The van der Waals surface area contributed by atoms with Crippen molar-refractivity contribution in [3.05, 3.63) is 35.2 Å². The first-order valence-corrected chi connectivity index (χ1v) is 9.44. The van der Waals surface area contributed by atoms with Gasteiger partial charge in [-0.1, -0.05) is 45.9 Å². The zero-order valence-corrected chi connectivity index (χ0v) is 16.5. The van der Waals surface area contributed by atoms with E-state index in [1.807, 2.05) is 18.2 Å². The molecule has 0 saturated carbocycles. The third-order valence-corrected chi connectivity index (χ3v) is 5.13. The third kappa shape index (κ3) is 5.32. The minimum Gasteiger partial charge on any atom is -0.346 e. The normalized spacial score (nSPS) is 12.8. The summed E-state index contributed by atoms with van der Waals surface area (Å²) in [5.41, 5.74) is -0.142. The van der Waals surface area contributed by atoms with Crippen molar-refractivity contribution in [2.45, 2.75) is 59.5 Å². The average molecular weight is 347 g/mol. The Kier molecular flexibility index (Phi) is 5.71. The highest BCUT2D eigenvalue weighted by atomic mass is 32.1. The molecule has 2 rings (SSSR count). The first-order valence-electron chi connectivity index (χ1n) is 8.62. The van der Waals surface area contributed by atoms with Crippen molar-refractivity contribution in [1.29, 1.82) is 0 Å². The largest absolute Gasteiger partial charge is 0.346 e. The summed E-state index contributed by atoms with van der Waals surface area (Å²) >= 11 is 1.55. The standard InChI is InChI=1S/C20H30N2OS/c1-14(2)21-13-19(3,4)12-20(5,6)22-18(23)17-11-15-9-7-8-10-16(15)24-17/h7-11,14,21H,12-13H2,1-6H3,(H,22,23). The van der Waals surface area contributed by atoms with Crippen LogP contribution in [0.5, 0.6) is 0 Å². The van der Waals surface area contributed by atoms with Crippen LogP contribution in [0.15, 0.2) is 30.3 Å². The molecule has 1 aromatic heterocycles. The Labute approximate surface area is 149 Å². The van der Waals surface area contributed by atoms with Gasteiger partial charge in [-0.2, -0.15) is 0 Å². The molecular formula is C20H30N2OS. The molecular weight excluding hydrogens is 316 g/mol. The summed E-state index contributed by atoms with van der Waals surface area (Å²) in [6, 6.07) is 10.6. The molecule has 0 fully saturated rings. The first kappa shape index (κ1) is 18.9. The van der Waals surface area contributed by atoms with Crippen molar-refractivity contribution < 1.29 is 4.79 Å². The summed E-state index contributed by atoms with van der Waals surface area (Å²) in [5, 5.41) is 7.85. The summed E-state index contributed by atoms with van der Waals surface area (Å²) in [6.45, 7) is 14.0. The Hall–Kier alpha value is -1.39. The van der Waals surface area contributed by atoms with Crippen LogP contribution < -0.4 is 10.6 Å². The van der Waals surface area contributed by atoms with Gasteiger partial charge in [0.05, 0.1) is 4.88 Å². The maximum absolute atomic E-state index is 12.7. The average Bonchev–Trinajstić information content (AvgIpc) is 2.87. The third-order valence-electron chi connectivity index (χ3n) is 4.01. The predicted octanol–water partition coefficient (Wildman–Crippen LogP) is 4.82. The van der Waals surface area contributed by atoms with Crippen LogP contribution in [0.25, 0.3) is 10.1 Å². The topological polar surface area (TPSA) is 41.1 Å². The fourth-order valence-electron chi connectivity index (χ4n) is 3.25. The number of nitrogens with one attached hydrogen (secondary N) is 2. The molecule has 0 aliphatic rings. The summed E-state index contributed by atoms with van der Waals surface area (Å²) in [4.78, 5) is 13.4. The van der Waals surface area contributed by atoms with Gasteiger partial charge in [-0.25, -0.2) is 0 Å². The van der Waals surface area contributed by atoms with Crippen molar-refractivity contribution in [3.63, 3.8) is 0 Å². The number of thiophene rings is 1. The van der Waals surface area contributed by atoms with Crippen molar-refractivity contribution in [1.82, 2.24) is 10.6 Å². The minimum atomic E-state index is -0.255. The van der Waals surface area contributed by atoms with Gasteiger partial charge in [-0.3, -0.25) is 4.79 Å². The number of carbonyl (C=O) groups excluding carboxylic acids is 1. The van der Waals surface area contributed by atoms with Crippen LogP contribution in [-0.4, -0.2) is 24.0 Å². The molecule has 0 atom stereocenters. The number of fused-ring (bicyclic) bond motifs is 1. The highest BCUT2D eigenvalue weighted by Gasteiger charge is 2.30. The van der Waals surface area contributed by atoms with Gasteiger partial charge in [0, 0.05) is 22.8 Å². The molecule has 0 aliphatic carbocycles. The fourth-order valence-corrected chi connectivity index (χ4v) is 4.20. The van der Waals surface area contributed by atoms with E-state index < -0.39 is 0 Å². The molecule has 0 spiro atoms. The van der Waals surface area contributed by atoms with Gasteiger partial charge in [0.25, 0.3) is 5.91 Å². The van der Waals surface area contributed by atoms with Crippen LogP contribution in [0.3, 0.4) is 0 Å². The Balaban J connectivity index is 2.03. The smallest absolute Gasteiger partial charge is 0.261 e. The Bertz CT molecular complexity index is 667. The van der Waals surface area contributed by atoms with E-state index in [0.717, 1.165) is 27.9 Å². The molecule has 1 amide bonds. The van der Waals surface area contributed by atoms with Gasteiger partial charge in [0.1, 0.15) is 0 Å². The van der Waals surface area contributed by atoms with Gasteiger partial charge in [-0.15, -0.1) is 11.3 Å². The number of rotatable bonds is 7. The van der Waals surface area contributed by atoms with Crippen LogP contribution in [-0.2, 0) is 0 Å². The molecule has 132 valence electrons. The lowest BCUT2D eigenvalue weighted by Gasteiger charge is -2.36. The Morgan fingerprint density at radius 1 is 1.17 bits per heavy atom. The molecule has 0 bridgehead atoms. The molecule has 24 heavy (non-hydrogen) atoms. The second-order valence-corrected chi connectivity index (χ2v) is 9.45. The molecule has 0 aliphatic heterocycles. The van der Waals surface area contributed by atoms with Crippen molar-refractivity contribution in [2.24, 2.45) is 5.41 Å². The van der Waals surface area contributed by atoms with Gasteiger partial charge in [-0.05, 0) is 43.2 Å². The highest BCUT2D eigenvalue weighted by Crippen LogP contribution is 2.29. The fraction of sp³-hybridized carbons (Fsp3) is 0.550. The Morgan fingerprint density at radius 3 is 2.46 bits per heavy atom. The van der Waals surface area contributed by atoms with E-state index in [9.17, 15) is 4.79 Å². The van der Waals surface area contributed by atoms with Crippen LogP contribution in [0.1, 0.15) is 57.6 Å². The maximum atomic E-state index is 12.7. The van der Waals surface area contributed by atoms with Gasteiger partial charge >= 0.3 is 0 Å². The lowest BCUT2D eigenvalue weighted by atomic mass is 9.79. The summed E-state index contributed by atoms with van der Waals surface area (Å²) in [5.74, 6) is 0.0221. The number of hydrogen-bond donors (Lipinski definition) is 2. The van der Waals surface area contributed by atoms with Gasteiger partial charge < -0.3 is 10.6 Å². The maximum Gasteiger partial charge on any atom is 0.261 e. The van der Waals surface area contributed by atoms with E-state index in [0.29, 0.717) is 6.04 Å². The van der Waals surface area contributed by atoms with Crippen LogP contribution in [0, 0.1) is 5.41 Å². The highest BCUT2D eigenvalue weighted by molar-refractivity contribution is 7.20. The lowest BCUT2D eigenvalue weighted by Crippen LogP contribution is -2.48. The van der Waals surface area contributed by atoms with Gasteiger partial charge in [0.2, 0.25) is 0 Å². The molecule has 2 N–H and O–H groups in total. The summed E-state index contributed by atoms with van der Waals surface area (Å²) in [7, 11) is 0. The summed E-state index contributed by atoms with van der Waals surface area (Å²) < 4.78 is 1.15. The lowest BCUT2D eigenvalue weighted by molar-refractivity contribution is 0.0890. The number of carbonyl (C=O) groups is 1. The molecule has 0 saturated heterocycles. The zero-order valence-electron chi connectivity index (χ0n) is 15.7. The Morgan fingerprint density at radius 2 is 1.83 bits per heavy atom. The zero-order chi connectivity index (χ0) is 18.0. The van der Waals surface area contributed by atoms with E-state index in [1.165, 1.54) is 0 Å². The van der Waals surface area contributed by atoms with E-state index in [-0.39, 0.29) is 16.9 Å². The van der Waals surface area contributed by atoms with Gasteiger partial charge in [0.15, 0.2) is 0 Å². The van der Waals surface area contributed by atoms with Crippen molar-refractivity contribution in [2.75, 3.05) is 6.54 Å². The SMILES string of the molecule is CC(C)NCC(C)(C)CC(C)(C)NC(=O)c1cc2ccccc2s1. The molecule has 4 heteroatoms. The molecule has 0 unspecified atom stereocenters. The van der Waals surface area contributed by atoms with E-state index in [4.69, 9.17) is 0 Å². The van der Waals surface area contributed by atoms with E-state index in [1.54, 1.807) is 11.3 Å².